The number of phenolic OH excluding ortho intramolecular Hbond substituents is 1. The molecular weight excluding hydrogens is 182 g/mol. The van der Waals surface area contributed by atoms with E-state index in [0.29, 0.717) is 6.07 Å². The Labute approximate surface area is 72.3 Å². The van der Waals surface area contributed by atoms with Crippen LogP contribution in [0.5, 0.6) is 5.75 Å². The maximum absolute atomic E-state index is 12.2. The molecule has 1 N–H and O–H groups in total. The highest BCUT2D eigenvalue weighted by Gasteiger charge is 2.28. The third-order valence-electron chi connectivity index (χ3n) is 1.51. The molecule has 1 aromatic rings. The summed E-state index contributed by atoms with van der Waals surface area (Å²) in [5.74, 6) is -0.841. The number of nitrogens with zero attached hydrogens (tertiary/aromatic N) is 1. The van der Waals surface area contributed by atoms with Gasteiger partial charge in [-0.25, -0.2) is 0 Å². The zero-order valence-corrected chi connectivity index (χ0v) is 6.34. The zero-order valence-electron chi connectivity index (χ0n) is 6.34. The Bertz CT molecular complexity index is 369. The second-order valence-electron chi connectivity index (χ2n) is 2.46. The molecule has 0 aliphatic rings. The predicted molar refractivity (Wildman–Crippen MR) is 41.5 cm³/mol. The van der Waals surface area contributed by atoms with Gasteiger partial charge < -0.3 is 18.1 Å². The fourth-order valence-corrected chi connectivity index (χ4v) is 0.886. The van der Waals surface area contributed by atoms with Crippen LogP contribution in [0.1, 0.15) is 5.56 Å². The van der Waals surface area contributed by atoms with Crippen LogP contribution in [0.15, 0.2) is 18.2 Å². The summed E-state index contributed by atoms with van der Waals surface area (Å²) in [6, 6.07) is 4.19. The second kappa shape index (κ2) is 3.01. The van der Waals surface area contributed by atoms with Crippen molar-refractivity contribution in [2.24, 2.45) is 0 Å². The lowest BCUT2D eigenvalue weighted by Crippen LogP contribution is -2.34. The van der Waals surface area contributed by atoms with Crippen molar-refractivity contribution in [3.63, 3.8) is 0 Å². The molecule has 0 aromatic heterocycles. The van der Waals surface area contributed by atoms with Gasteiger partial charge >= 0.3 is 6.98 Å². The number of nitriles is 1. The number of rotatable bonds is 1. The van der Waals surface area contributed by atoms with E-state index in [-0.39, 0.29) is 5.56 Å². The average Bonchev–Trinajstić information content (AvgIpc) is 2.03. The molecule has 6 heteroatoms. The lowest BCUT2D eigenvalue weighted by molar-refractivity contribution is 0.463. The Morgan fingerprint density at radius 1 is 1.31 bits per heavy atom. The molecule has 1 rings (SSSR count). The van der Waals surface area contributed by atoms with Crippen LogP contribution in [0, 0.1) is 11.3 Å². The van der Waals surface area contributed by atoms with Crippen molar-refractivity contribution >= 4 is 12.4 Å². The summed E-state index contributed by atoms with van der Waals surface area (Å²) >= 11 is 0. The molecule has 1 aromatic carbocycles. The first kappa shape index (κ1) is 9.45. The first-order valence-electron chi connectivity index (χ1n) is 3.38. The highest BCUT2D eigenvalue weighted by Crippen LogP contribution is 2.17. The van der Waals surface area contributed by atoms with Crippen LogP contribution in [0.25, 0.3) is 0 Å². The van der Waals surface area contributed by atoms with Crippen LogP contribution in [0.2, 0.25) is 0 Å². The average molecular weight is 186 g/mol. The van der Waals surface area contributed by atoms with Gasteiger partial charge in [0.2, 0.25) is 0 Å². The minimum atomic E-state index is -5.26. The van der Waals surface area contributed by atoms with E-state index in [9.17, 15) is 12.9 Å². The van der Waals surface area contributed by atoms with E-state index in [2.05, 4.69) is 0 Å². The topological polar surface area (TPSA) is 44.0 Å². The molecule has 0 spiro atoms. The number of phenols is 1. The SMILES string of the molecule is N#Cc1ccc(O)c([B-](F)(F)F)c1. The second-order valence-corrected chi connectivity index (χ2v) is 2.46. The number of hydrogen-bond acceptors (Lipinski definition) is 2. The van der Waals surface area contributed by atoms with Crippen molar-refractivity contribution < 1.29 is 18.1 Å². The number of aromatic hydroxyl groups is 1. The zero-order chi connectivity index (χ0) is 10.1. The maximum Gasteiger partial charge on any atom is 0.513 e. The first-order valence-corrected chi connectivity index (χ1v) is 3.38. The minimum absolute atomic E-state index is 0.119. The summed E-state index contributed by atoms with van der Waals surface area (Å²) in [6.07, 6.45) is 0. The van der Waals surface area contributed by atoms with E-state index in [1.807, 2.05) is 0 Å². The lowest BCUT2D eigenvalue weighted by atomic mass is 9.78. The molecule has 0 heterocycles. The van der Waals surface area contributed by atoms with Gasteiger partial charge in [-0.15, -0.1) is 0 Å². The molecule has 0 bridgehead atoms. The Kier molecular flexibility index (Phi) is 2.19. The molecule has 0 fully saturated rings. The molecule has 0 atom stereocenters. The van der Waals surface area contributed by atoms with Gasteiger partial charge in [-0.1, -0.05) is 11.5 Å². The van der Waals surface area contributed by atoms with Gasteiger partial charge in [0.25, 0.3) is 0 Å². The highest BCUT2D eigenvalue weighted by atomic mass is 19.4. The molecule has 0 saturated carbocycles. The van der Waals surface area contributed by atoms with Crippen molar-refractivity contribution in [3.05, 3.63) is 23.8 Å². The van der Waals surface area contributed by atoms with E-state index in [4.69, 9.17) is 10.4 Å². The molecule has 0 unspecified atom stereocenters. The lowest BCUT2D eigenvalue weighted by Gasteiger charge is -2.16. The van der Waals surface area contributed by atoms with Gasteiger partial charge in [0.15, 0.2) is 0 Å². The number of hydrogen-bond donors (Lipinski definition) is 1. The molecule has 13 heavy (non-hydrogen) atoms. The van der Waals surface area contributed by atoms with Gasteiger partial charge in [-0.05, 0) is 12.1 Å². The van der Waals surface area contributed by atoms with E-state index >= 15 is 0 Å². The Balaban J connectivity index is 3.29. The van der Waals surface area contributed by atoms with Crippen molar-refractivity contribution in [2.75, 3.05) is 0 Å². The van der Waals surface area contributed by atoms with Crippen molar-refractivity contribution in [1.82, 2.24) is 0 Å². The standard InChI is InChI=1S/C7H4BF3NO/c9-8(10,11)6-3-5(4-12)1-2-7(6)13/h1-3,13H/q-1. The summed E-state index contributed by atoms with van der Waals surface area (Å²) in [7, 11) is 0. The molecule has 0 saturated heterocycles. The van der Waals surface area contributed by atoms with Crippen LogP contribution in [0.4, 0.5) is 12.9 Å². The van der Waals surface area contributed by atoms with Crippen molar-refractivity contribution in [3.8, 4) is 11.8 Å². The third-order valence-corrected chi connectivity index (χ3v) is 1.51. The first-order chi connectivity index (χ1) is 5.95. The minimum Gasteiger partial charge on any atom is -0.511 e. The van der Waals surface area contributed by atoms with Gasteiger partial charge in [-0.3, -0.25) is 0 Å². The fraction of sp³-hybridized carbons (Fsp3) is 0. The monoisotopic (exact) mass is 186 g/mol. The van der Waals surface area contributed by atoms with E-state index in [1.165, 1.54) is 0 Å². The van der Waals surface area contributed by atoms with Gasteiger partial charge in [0, 0.05) is 5.56 Å². The van der Waals surface area contributed by atoms with Crippen LogP contribution >= 0.6 is 0 Å². The van der Waals surface area contributed by atoms with E-state index in [0.717, 1.165) is 12.1 Å². The summed E-state index contributed by atoms with van der Waals surface area (Å²) in [4.78, 5) is 0. The van der Waals surface area contributed by atoms with Crippen LogP contribution in [0.3, 0.4) is 0 Å². The van der Waals surface area contributed by atoms with Gasteiger partial charge in [0.1, 0.15) is 0 Å². The van der Waals surface area contributed by atoms with Crippen LogP contribution < -0.4 is 5.46 Å². The van der Waals surface area contributed by atoms with Crippen LogP contribution in [-0.2, 0) is 0 Å². The Morgan fingerprint density at radius 3 is 2.38 bits per heavy atom. The predicted octanol–water partition coefficient (Wildman–Crippen LogP) is 1.32. The number of halogens is 3. The largest absolute Gasteiger partial charge is 0.513 e. The van der Waals surface area contributed by atoms with Gasteiger partial charge in [0.05, 0.1) is 11.8 Å². The molecule has 2 nitrogen and oxygen atoms in total. The molecule has 0 aliphatic heterocycles. The molecule has 0 amide bonds. The molecule has 0 aliphatic carbocycles. The Morgan fingerprint density at radius 2 is 1.92 bits per heavy atom. The summed E-state index contributed by atoms with van der Waals surface area (Å²) in [6.45, 7) is -5.26. The molecule has 68 valence electrons. The normalized spacial score (nSPS) is 10.9. The Hall–Kier alpha value is -1.64. The van der Waals surface area contributed by atoms with E-state index in [1.54, 1.807) is 6.07 Å². The number of benzene rings is 1. The highest BCUT2D eigenvalue weighted by molar-refractivity contribution is 6.74. The summed E-state index contributed by atoms with van der Waals surface area (Å²) < 4.78 is 36.5. The quantitative estimate of drug-likeness (QED) is 0.672. The third kappa shape index (κ3) is 1.93. The van der Waals surface area contributed by atoms with Crippen LogP contribution in [-0.4, -0.2) is 12.1 Å². The molecule has 0 radical (unpaired) electrons. The maximum atomic E-state index is 12.2. The summed E-state index contributed by atoms with van der Waals surface area (Å²) in [5, 5.41) is 17.2. The summed E-state index contributed by atoms with van der Waals surface area (Å²) in [5.41, 5.74) is -1.24. The smallest absolute Gasteiger partial charge is 0.511 e. The fourth-order valence-electron chi connectivity index (χ4n) is 0.886. The molecular formula is C7H4BF3NO-. The van der Waals surface area contributed by atoms with Crippen molar-refractivity contribution in [1.29, 1.82) is 5.26 Å². The van der Waals surface area contributed by atoms with Crippen molar-refractivity contribution in [2.45, 2.75) is 0 Å². The van der Waals surface area contributed by atoms with Gasteiger partial charge in [-0.2, -0.15) is 5.26 Å². The van der Waals surface area contributed by atoms with E-state index < -0.39 is 18.2 Å².